The van der Waals surface area contributed by atoms with Crippen LogP contribution in [0.1, 0.15) is 11.1 Å². The van der Waals surface area contributed by atoms with Gasteiger partial charge < -0.3 is 9.46 Å². The van der Waals surface area contributed by atoms with E-state index in [1.165, 1.54) is 0 Å². The van der Waals surface area contributed by atoms with Crippen LogP contribution < -0.4 is 9.46 Å². The Bertz CT molecular complexity index is 869. The SMILES string of the molecule is COc1ccc2ccccc2c1S(=O)Nc1cc(C)cc(C)c1. The minimum absolute atomic E-state index is 0.624. The summed E-state index contributed by atoms with van der Waals surface area (Å²) < 4.78 is 21.5. The standard InChI is InChI=1S/C19H19NO2S/c1-13-10-14(2)12-16(11-13)20-23(21)19-17-7-5-4-6-15(17)8-9-18(19)22-3/h4-12,20H,1-3H3. The zero-order chi connectivity index (χ0) is 16.4. The van der Waals surface area contributed by atoms with Crippen molar-refractivity contribution in [2.75, 3.05) is 11.8 Å². The third kappa shape index (κ3) is 3.22. The molecule has 0 saturated carbocycles. The number of rotatable bonds is 4. The molecule has 0 amide bonds. The van der Waals surface area contributed by atoms with E-state index in [0.29, 0.717) is 10.6 Å². The highest BCUT2D eigenvalue weighted by Gasteiger charge is 2.15. The summed E-state index contributed by atoms with van der Waals surface area (Å²) in [5.74, 6) is 0.624. The highest BCUT2D eigenvalue weighted by atomic mass is 32.2. The molecule has 0 heterocycles. The van der Waals surface area contributed by atoms with Gasteiger partial charge in [0.25, 0.3) is 0 Å². The smallest absolute Gasteiger partial charge is 0.154 e. The Hall–Kier alpha value is -2.33. The molecule has 0 fully saturated rings. The molecule has 3 aromatic carbocycles. The van der Waals surface area contributed by atoms with Crippen LogP contribution in [0.25, 0.3) is 10.8 Å². The summed E-state index contributed by atoms with van der Waals surface area (Å²) in [7, 11) is 0.187. The van der Waals surface area contributed by atoms with Gasteiger partial charge in [-0.1, -0.05) is 36.4 Å². The Balaban J connectivity index is 2.06. The Morgan fingerprint density at radius 3 is 2.35 bits per heavy atom. The molecule has 0 bridgehead atoms. The van der Waals surface area contributed by atoms with Crippen LogP contribution in [-0.2, 0) is 11.0 Å². The molecule has 1 atom stereocenters. The molecule has 1 unspecified atom stereocenters. The molecule has 23 heavy (non-hydrogen) atoms. The molecule has 4 heteroatoms. The Morgan fingerprint density at radius 1 is 0.957 bits per heavy atom. The number of fused-ring (bicyclic) bond motifs is 1. The molecular formula is C19H19NO2S. The summed E-state index contributed by atoms with van der Waals surface area (Å²) in [6.45, 7) is 4.05. The Kier molecular flexibility index (Phi) is 4.35. The van der Waals surface area contributed by atoms with E-state index in [4.69, 9.17) is 4.74 Å². The molecule has 0 saturated heterocycles. The second-order valence-corrected chi connectivity index (χ2v) is 6.72. The fourth-order valence-corrected chi connectivity index (χ4v) is 3.92. The molecule has 0 spiro atoms. The van der Waals surface area contributed by atoms with E-state index in [0.717, 1.165) is 27.6 Å². The van der Waals surface area contributed by atoms with Crippen LogP contribution in [0.5, 0.6) is 5.75 Å². The third-order valence-corrected chi connectivity index (χ3v) is 4.89. The minimum atomic E-state index is -1.41. The van der Waals surface area contributed by atoms with Gasteiger partial charge in [0, 0.05) is 11.1 Å². The summed E-state index contributed by atoms with van der Waals surface area (Å²) in [6, 6.07) is 17.8. The van der Waals surface area contributed by atoms with E-state index in [2.05, 4.69) is 10.8 Å². The number of methoxy groups -OCH3 is 1. The Morgan fingerprint density at radius 2 is 1.65 bits per heavy atom. The lowest BCUT2D eigenvalue weighted by Gasteiger charge is -2.13. The van der Waals surface area contributed by atoms with Crippen LogP contribution in [0.4, 0.5) is 5.69 Å². The highest BCUT2D eigenvalue weighted by molar-refractivity contribution is 7.86. The first-order chi connectivity index (χ1) is 11.1. The zero-order valence-corrected chi connectivity index (χ0v) is 14.2. The molecule has 3 aromatic rings. The fraction of sp³-hybridized carbons (Fsp3) is 0.158. The van der Waals surface area contributed by atoms with Gasteiger partial charge in [-0.3, -0.25) is 0 Å². The molecule has 0 aliphatic carbocycles. The molecule has 0 aliphatic heterocycles. The maximum absolute atomic E-state index is 13.0. The van der Waals surface area contributed by atoms with Gasteiger partial charge in [-0.2, -0.15) is 0 Å². The van der Waals surface area contributed by atoms with Crippen LogP contribution in [0.15, 0.2) is 59.5 Å². The lowest BCUT2D eigenvalue weighted by Crippen LogP contribution is -2.07. The summed E-state index contributed by atoms with van der Waals surface area (Å²) in [5, 5.41) is 1.97. The van der Waals surface area contributed by atoms with Gasteiger partial charge in [0.15, 0.2) is 11.0 Å². The first-order valence-electron chi connectivity index (χ1n) is 7.41. The molecule has 3 rings (SSSR count). The van der Waals surface area contributed by atoms with Gasteiger partial charge in [-0.15, -0.1) is 0 Å². The van der Waals surface area contributed by atoms with E-state index < -0.39 is 11.0 Å². The van der Waals surface area contributed by atoms with Crippen molar-refractivity contribution in [3.05, 3.63) is 65.7 Å². The first-order valence-corrected chi connectivity index (χ1v) is 8.56. The van der Waals surface area contributed by atoms with E-state index >= 15 is 0 Å². The van der Waals surface area contributed by atoms with Crippen LogP contribution in [-0.4, -0.2) is 11.3 Å². The van der Waals surface area contributed by atoms with Crippen LogP contribution in [0.3, 0.4) is 0 Å². The molecule has 0 aliphatic rings. The van der Waals surface area contributed by atoms with Crippen molar-refractivity contribution >= 4 is 27.4 Å². The van der Waals surface area contributed by atoms with Gasteiger partial charge in [0.1, 0.15) is 10.6 Å². The second kappa shape index (κ2) is 6.42. The summed E-state index contributed by atoms with van der Waals surface area (Å²) >= 11 is 0. The van der Waals surface area contributed by atoms with Gasteiger partial charge >= 0.3 is 0 Å². The molecule has 118 valence electrons. The van der Waals surface area contributed by atoms with Crippen molar-refractivity contribution in [2.45, 2.75) is 18.7 Å². The first kappa shape index (κ1) is 15.6. The molecular weight excluding hydrogens is 306 g/mol. The number of nitrogens with one attached hydrogen (secondary N) is 1. The van der Waals surface area contributed by atoms with Crippen molar-refractivity contribution in [3.63, 3.8) is 0 Å². The minimum Gasteiger partial charge on any atom is -0.495 e. The normalized spacial score (nSPS) is 12.1. The molecule has 1 N–H and O–H groups in total. The average molecular weight is 325 g/mol. The largest absolute Gasteiger partial charge is 0.495 e. The van der Waals surface area contributed by atoms with Crippen molar-refractivity contribution in [3.8, 4) is 5.75 Å². The highest BCUT2D eigenvalue weighted by Crippen LogP contribution is 2.31. The predicted molar refractivity (Wildman–Crippen MR) is 96.4 cm³/mol. The van der Waals surface area contributed by atoms with Crippen molar-refractivity contribution < 1.29 is 8.95 Å². The number of anilines is 1. The quantitative estimate of drug-likeness (QED) is 0.761. The lowest BCUT2D eigenvalue weighted by atomic mass is 10.1. The number of hydrogen-bond acceptors (Lipinski definition) is 2. The van der Waals surface area contributed by atoms with E-state index in [1.54, 1.807) is 7.11 Å². The van der Waals surface area contributed by atoms with Crippen molar-refractivity contribution in [1.82, 2.24) is 0 Å². The topological polar surface area (TPSA) is 38.3 Å². The number of ether oxygens (including phenoxy) is 1. The van der Waals surface area contributed by atoms with Crippen molar-refractivity contribution in [2.24, 2.45) is 0 Å². The van der Waals surface area contributed by atoms with Gasteiger partial charge in [-0.05, 0) is 48.6 Å². The zero-order valence-electron chi connectivity index (χ0n) is 13.4. The van der Waals surface area contributed by atoms with Gasteiger partial charge in [-0.25, -0.2) is 4.21 Å². The maximum Gasteiger partial charge on any atom is 0.154 e. The maximum atomic E-state index is 13.0. The van der Waals surface area contributed by atoms with Crippen LogP contribution in [0, 0.1) is 13.8 Å². The molecule has 0 aromatic heterocycles. The van der Waals surface area contributed by atoms with Gasteiger partial charge in [0.05, 0.1) is 7.11 Å². The lowest BCUT2D eigenvalue weighted by molar-refractivity contribution is 0.405. The van der Waals surface area contributed by atoms with Gasteiger partial charge in [0.2, 0.25) is 0 Å². The van der Waals surface area contributed by atoms with E-state index in [9.17, 15) is 4.21 Å². The molecule has 0 radical (unpaired) electrons. The third-order valence-electron chi connectivity index (χ3n) is 3.68. The number of benzene rings is 3. The van der Waals surface area contributed by atoms with E-state index in [1.807, 2.05) is 62.4 Å². The van der Waals surface area contributed by atoms with E-state index in [-0.39, 0.29) is 0 Å². The predicted octanol–water partition coefficient (Wildman–Crippen LogP) is 4.60. The summed E-state index contributed by atoms with van der Waals surface area (Å²) in [4.78, 5) is 0.671. The van der Waals surface area contributed by atoms with Crippen molar-refractivity contribution in [1.29, 1.82) is 0 Å². The summed E-state index contributed by atoms with van der Waals surface area (Å²) in [5.41, 5.74) is 3.11. The number of aryl methyl sites for hydroxylation is 2. The second-order valence-electron chi connectivity index (χ2n) is 5.57. The van der Waals surface area contributed by atoms with Crippen LogP contribution >= 0.6 is 0 Å². The summed E-state index contributed by atoms with van der Waals surface area (Å²) in [6.07, 6.45) is 0. The Labute approximate surface area is 138 Å². The number of hydrogen-bond donors (Lipinski definition) is 1. The average Bonchev–Trinajstić information content (AvgIpc) is 2.52. The van der Waals surface area contributed by atoms with Crippen LogP contribution in [0.2, 0.25) is 0 Å². The molecule has 3 nitrogen and oxygen atoms in total. The monoisotopic (exact) mass is 325 g/mol. The fourth-order valence-electron chi connectivity index (χ4n) is 2.77.